The molecule has 0 heterocycles. The van der Waals surface area contributed by atoms with Gasteiger partial charge in [0, 0.05) is 5.92 Å². The van der Waals surface area contributed by atoms with E-state index in [-0.39, 0.29) is 5.92 Å². The lowest BCUT2D eigenvalue weighted by molar-refractivity contribution is 0.337. The summed E-state index contributed by atoms with van der Waals surface area (Å²) in [6.07, 6.45) is 1.83. The average Bonchev–Trinajstić information content (AvgIpc) is 2.20. The molecule has 0 aliphatic heterocycles. The highest BCUT2D eigenvalue weighted by Crippen LogP contribution is 2.26. The van der Waals surface area contributed by atoms with Crippen molar-refractivity contribution < 1.29 is 4.74 Å². The number of allylic oxidation sites excluding steroid dienone is 1. The Morgan fingerprint density at radius 2 is 2.29 bits per heavy atom. The van der Waals surface area contributed by atoms with E-state index >= 15 is 0 Å². The summed E-state index contributed by atoms with van der Waals surface area (Å²) in [4.78, 5) is 0. The van der Waals surface area contributed by atoms with Crippen molar-refractivity contribution in [2.24, 2.45) is 0 Å². The molecule has 1 atom stereocenters. The summed E-state index contributed by atoms with van der Waals surface area (Å²) in [6, 6.07) is 6.14. The molecule has 1 nitrogen and oxygen atoms in total. The summed E-state index contributed by atoms with van der Waals surface area (Å²) in [7, 11) is 0. The van der Waals surface area contributed by atoms with Crippen LogP contribution >= 0.6 is 22.6 Å². The number of hydrogen-bond donors (Lipinski definition) is 0. The topological polar surface area (TPSA) is 9.23 Å². The largest absolute Gasteiger partial charge is 0.493 e. The molecule has 0 aliphatic rings. The quantitative estimate of drug-likeness (QED) is 0.607. The molecular formula is C12H14IO. The summed E-state index contributed by atoms with van der Waals surface area (Å²) in [5.74, 6) is 1.06. The fourth-order valence-electron chi connectivity index (χ4n) is 1.15. The van der Waals surface area contributed by atoms with E-state index < -0.39 is 0 Å². The van der Waals surface area contributed by atoms with Crippen LogP contribution in [0.5, 0.6) is 5.75 Å². The first-order valence-corrected chi connectivity index (χ1v) is 5.64. The Morgan fingerprint density at radius 1 is 1.57 bits per heavy atom. The molecule has 1 aromatic rings. The van der Waals surface area contributed by atoms with Gasteiger partial charge in [0.15, 0.2) is 0 Å². The third-order valence-electron chi connectivity index (χ3n) is 1.97. The van der Waals surface area contributed by atoms with Crippen LogP contribution in [0.4, 0.5) is 0 Å². The number of benzene rings is 1. The van der Waals surface area contributed by atoms with E-state index in [1.165, 1.54) is 0 Å². The fourth-order valence-corrected chi connectivity index (χ4v) is 1.64. The summed E-state index contributed by atoms with van der Waals surface area (Å²) in [5, 5.41) is 0. The zero-order valence-corrected chi connectivity index (χ0v) is 10.5. The molecule has 0 aromatic heterocycles. The van der Waals surface area contributed by atoms with Gasteiger partial charge in [0.05, 0.1) is 10.2 Å². The summed E-state index contributed by atoms with van der Waals surface area (Å²) in [5.41, 5.74) is 1.14. The van der Waals surface area contributed by atoms with E-state index in [1.807, 2.05) is 25.1 Å². The van der Waals surface area contributed by atoms with Crippen molar-refractivity contribution in [2.45, 2.75) is 12.8 Å². The second-order valence-corrected chi connectivity index (χ2v) is 4.13. The molecule has 1 aromatic carbocycles. The summed E-state index contributed by atoms with van der Waals surface area (Å²) in [6.45, 7) is 10.4. The number of ether oxygens (including phenoxy) is 1. The molecule has 14 heavy (non-hydrogen) atoms. The predicted molar refractivity (Wildman–Crippen MR) is 68.6 cm³/mol. The maximum absolute atomic E-state index is 5.50. The molecule has 0 fully saturated rings. The zero-order valence-electron chi connectivity index (χ0n) is 8.29. The molecule has 1 radical (unpaired) electrons. The van der Waals surface area contributed by atoms with Crippen LogP contribution in [-0.4, -0.2) is 6.61 Å². The zero-order chi connectivity index (χ0) is 10.6. The van der Waals surface area contributed by atoms with Crippen LogP contribution < -0.4 is 4.74 Å². The van der Waals surface area contributed by atoms with Gasteiger partial charge in [-0.15, -0.1) is 6.58 Å². The molecule has 0 amide bonds. The highest BCUT2D eigenvalue weighted by molar-refractivity contribution is 14.1. The Balaban J connectivity index is 2.99. The molecule has 75 valence electrons. The van der Waals surface area contributed by atoms with Crippen molar-refractivity contribution in [1.82, 2.24) is 0 Å². The molecule has 0 saturated heterocycles. The van der Waals surface area contributed by atoms with Crippen LogP contribution in [0.1, 0.15) is 18.4 Å². The van der Waals surface area contributed by atoms with Gasteiger partial charge < -0.3 is 4.74 Å². The first kappa shape index (κ1) is 11.6. The van der Waals surface area contributed by atoms with Crippen molar-refractivity contribution in [2.75, 3.05) is 6.61 Å². The minimum Gasteiger partial charge on any atom is -0.493 e. The standard InChI is InChI=1S/C12H14IO/c1-4-9(3)10-6-7-11(13)12(8-10)14-5-2/h4,6-9H,1,3,5H2,2H3. The Bertz CT molecular complexity index is 320. The maximum atomic E-state index is 5.50. The van der Waals surface area contributed by atoms with E-state index in [0.717, 1.165) is 14.9 Å². The van der Waals surface area contributed by atoms with E-state index in [0.29, 0.717) is 6.61 Å². The molecule has 2 heteroatoms. The smallest absolute Gasteiger partial charge is 0.132 e. The van der Waals surface area contributed by atoms with Gasteiger partial charge in [0.1, 0.15) is 5.75 Å². The molecule has 0 aliphatic carbocycles. The summed E-state index contributed by atoms with van der Waals surface area (Å²) < 4.78 is 6.63. The minimum atomic E-state index is 0.131. The van der Waals surface area contributed by atoms with Crippen LogP contribution in [0, 0.1) is 10.5 Å². The molecular weight excluding hydrogens is 287 g/mol. The number of hydrogen-bond acceptors (Lipinski definition) is 1. The van der Waals surface area contributed by atoms with Gasteiger partial charge >= 0.3 is 0 Å². The number of halogens is 1. The van der Waals surface area contributed by atoms with Gasteiger partial charge in [0.25, 0.3) is 0 Å². The highest BCUT2D eigenvalue weighted by atomic mass is 127. The lowest BCUT2D eigenvalue weighted by atomic mass is 10.0. The van der Waals surface area contributed by atoms with Crippen molar-refractivity contribution in [3.8, 4) is 5.75 Å². The van der Waals surface area contributed by atoms with Gasteiger partial charge in [-0.3, -0.25) is 0 Å². The molecule has 0 saturated carbocycles. The first-order valence-electron chi connectivity index (χ1n) is 4.57. The fraction of sp³-hybridized carbons (Fsp3) is 0.250. The molecule has 0 spiro atoms. The lowest BCUT2D eigenvalue weighted by Gasteiger charge is -2.10. The van der Waals surface area contributed by atoms with Crippen LogP contribution in [0.25, 0.3) is 0 Å². The van der Waals surface area contributed by atoms with Crippen molar-refractivity contribution in [3.63, 3.8) is 0 Å². The first-order chi connectivity index (χ1) is 6.69. The monoisotopic (exact) mass is 301 g/mol. The minimum absolute atomic E-state index is 0.131. The van der Waals surface area contributed by atoms with Gasteiger partial charge in [0.2, 0.25) is 0 Å². The Kier molecular flexibility index (Phi) is 4.45. The molecule has 0 N–H and O–H groups in total. The normalized spacial score (nSPS) is 12.2. The van der Waals surface area contributed by atoms with Gasteiger partial charge in [-0.05, 0) is 54.1 Å². The van der Waals surface area contributed by atoms with Crippen LogP contribution in [0.15, 0.2) is 30.9 Å². The van der Waals surface area contributed by atoms with Crippen LogP contribution in [0.3, 0.4) is 0 Å². The predicted octanol–water partition coefficient (Wildman–Crippen LogP) is 3.79. The van der Waals surface area contributed by atoms with Gasteiger partial charge in [-0.1, -0.05) is 12.1 Å². The Labute approximate surface area is 99.3 Å². The second kappa shape index (κ2) is 5.39. The van der Waals surface area contributed by atoms with Crippen molar-refractivity contribution >= 4 is 22.6 Å². The van der Waals surface area contributed by atoms with Crippen LogP contribution in [0.2, 0.25) is 0 Å². The van der Waals surface area contributed by atoms with E-state index in [2.05, 4.69) is 42.2 Å². The molecule has 0 bridgehead atoms. The third kappa shape index (κ3) is 2.74. The second-order valence-electron chi connectivity index (χ2n) is 2.97. The number of rotatable bonds is 4. The van der Waals surface area contributed by atoms with Crippen molar-refractivity contribution in [3.05, 3.63) is 46.9 Å². The van der Waals surface area contributed by atoms with Crippen molar-refractivity contribution in [1.29, 1.82) is 0 Å². The van der Waals surface area contributed by atoms with Crippen LogP contribution in [-0.2, 0) is 0 Å². The van der Waals surface area contributed by atoms with E-state index in [4.69, 9.17) is 4.74 Å². The lowest BCUT2D eigenvalue weighted by Crippen LogP contribution is -1.96. The SMILES string of the molecule is [CH2]C(C=C)c1ccc(I)c(OCC)c1. The van der Waals surface area contributed by atoms with Gasteiger partial charge in [-0.2, -0.15) is 0 Å². The van der Waals surface area contributed by atoms with E-state index in [9.17, 15) is 0 Å². The molecule has 1 rings (SSSR count). The highest BCUT2D eigenvalue weighted by Gasteiger charge is 2.05. The van der Waals surface area contributed by atoms with Gasteiger partial charge in [-0.25, -0.2) is 0 Å². The Morgan fingerprint density at radius 3 is 2.86 bits per heavy atom. The third-order valence-corrected chi connectivity index (χ3v) is 2.86. The summed E-state index contributed by atoms with van der Waals surface area (Å²) >= 11 is 2.26. The van der Waals surface area contributed by atoms with E-state index in [1.54, 1.807) is 0 Å². The molecule has 1 unspecified atom stereocenters. The average molecular weight is 301 g/mol. The Hall–Kier alpha value is -0.510. The maximum Gasteiger partial charge on any atom is 0.132 e.